The molecule has 0 saturated heterocycles. The minimum Gasteiger partial charge on any atom is -0.387 e. The lowest BCUT2D eigenvalue weighted by atomic mass is 10.0. The molecule has 0 aromatic heterocycles. The second kappa shape index (κ2) is 56.4. The van der Waals surface area contributed by atoms with Gasteiger partial charge < -0.3 is 19.8 Å². The molecule has 3 atom stereocenters. The molecule has 436 valence electrons. The summed E-state index contributed by atoms with van der Waals surface area (Å²) in [5.74, 6) is -0.189. The molecule has 3 unspecified atom stereocenters. The summed E-state index contributed by atoms with van der Waals surface area (Å²) in [6, 6.07) is -0.873. The van der Waals surface area contributed by atoms with Gasteiger partial charge in [-0.2, -0.15) is 0 Å². The molecule has 0 aliphatic carbocycles. The van der Waals surface area contributed by atoms with Gasteiger partial charge in [-0.3, -0.25) is 13.8 Å². The lowest BCUT2D eigenvalue weighted by molar-refractivity contribution is -0.870. The van der Waals surface area contributed by atoms with Gasteiger partial charge >= 0.3 is 7.82 Å². The lowest BCUT2D eigenvalue weighted by Crippen LogP contribution is -2.45. The molecule has 0 aromatic carbocycles. The Kier molecular flexibility index (Phi) is 54.7. The zero-order chi connectivity index (χ0) is 54.9. The number of carbonyl (C=O) groups excluding carboxylic acids is 1. The zero-order valence-electron chi connectivity index (χ0n) is 49.8. The predicted octanol–water partition coefficient (Wildman–Crippen LogP) is 19.6. The van der Waals surface area contributed by atoms with Crippen molar-refractivity contribution in [3.8, 4) is 0 Å². The number of aliphatic hydroxyl groups is 1. The Morgan fingerprint density at radius 1 is 0.467 bits per heavy atom. The van der Waals surface area contributed by atoms with Crippen molar-refractivity contribution in [3.63, 3.8) is 0 Å². The minimum absolute atomic E-state index is 0.0521. The van der Waals surface area contributed by atoms with Crippen LogP contribution >= 0.6 is 7.82 Å². The van der Waals surface area contributed by atoms with Crippen LogP contribution in [0.15, 0.2) is 85.1 Å². The molecule has 0 rings (SSSR count). The van der Waals surface area contributed by atoms with Crippen molar-refractivity contribution in [3.05, 3.63) is 85.1 Å². The number of rotatable bonds is 57. The average Bonchev–Trinajstić information content (AvgIpc) is 3.37. The highest BCUT2D eigenvalue weighted by Gasteiger charge is 2.27. The SMILES string of the molecule is CC/C=C\C/C=C\C/C=C\C/C=C\CCCCCCCCCCCCCCCCCCCCCCC(=O)NC(COP(=O)(O)OCC[N+](C)(C)C)C(O)/C=C/CC/C=C/CC/C=C/CCCCCCCCCCCC. The molecule has 0 saturated carbocycles. The number of likely N-dealkylation sites (N-methyl/N-ethyl adjacent to an activating group) is 1. The molecule has 0 spiro atoms. The summed E-state index contributed by atoms with van der Waals surface area (Å²) in [4.78, 5) is 23.3. The summed E-state index contributed by atoms with van der Waals surface area (Å²) in [6.45, 7) is 4.69. The third kappa shape index (κ3) is 59.2. The smallest absolute Gasteiger partial charge is 0.387 e. The molecule has 1 amide bonds. The fraction of sp³-hybridized carbons (Fsp3) is 0.773. The van der Waals surface area contributed by atoms with Gasteiger partial charge in [-0.05, 0) is 83.5 Å². The third-order valence-corrected chi connectivity index (χ3v) is 14.8. The van der Waals surface area contributed by atoms with E-state index in [1.807, 2.05) is 27.2 Å². The van der Waals surface area contributed by atoms with Gasteiger partial charge in [0.1, 0.15) is 13.2 Å². The Hall–Kier alpha value is -2.32. The van der Waals surface area contributed by atoms with E-state index in [1.54, 1.807) is 6.08 Å². The lowest BCUT2D eigenvalue weighted by Gasteiger charge is -2.25. The molecule has 3 N–H and O–H groups in total. The number of unbranched alkanes of at least 4 members (excludes halogenated alkanes) is 32. The Bertz CT molecular complexity index is 1500. The summed E-state index contributed by atoms with van der Waals surface area (Å²) in [7, 11) is 1.55. The number of phosphoric acid groups is 1. The Morgan fingerprint density at radius 2 is 0.813 bits per heavy atom. The summed E-state index contributed by atoms with van der Waals surface area (Å²) in [5, 5.41) is 13.9. The van der Waals surface area contributed by atoms with Gasteiger partial charge in [-0.15, -0.1) is 0 Å². The molecule has 0 bridgehead atoms. The maximum absolute atomic E-state index is 13.0. The molecule has 0 aliphatic heterocycles. The highest BCUT2D eigenvalue weighted by Crippen LogP contribution is 2.43. The summed E-state index contributed by atoms with van der Waals surface area (Å²) >= 11 is 0. The maximum Gasteiger partial charge on any atom is 0.472 e. The molecule has 0 aromatic rings. The van der Waals surface area contributed by atoms with Crippen LogP contribution in [-0.4, -0.2) is 73.4 Å². The number of hydrogen-bond donors (Lipinski definition) is 3. The topological polar surface area (TPSA) is 105 Å². The van der Waals surface area contributed by atoms with Gasteiger partial charge in [0.15, 0.2) is 0 Å². The van der Waals surface area contributed by atoms with Gasteiger partial charge in [-0.25, -0.2) is 4.57 Å². The van der Waals surface area contributed by atoms with Crippen molar-refractivity contribution in [2.45, 2.75) is 289 Å². The van der Waals surface area contributed by atoms with Crippen LogP contribution in [0.1, 0.15) is 277 Å². The number of quaternary nitrogens is 1. The van der Waals surface area contributed by atoms with Crippen LogP contribution in [0.4, 0.5) is 0 Å². The summed E-state index contributed by atoms with van der Waals surface area (Å²) in [6.07, 6.45) is 80.0. The minimum atomic E-state index is -4.36. The van der Waals surface area contributed by atoms with Crippen LogP contribution in [0.3, 0.4) is 0 Å². The number of carbonyl (C=O) groups is 1. The molecule has 8 nitrogen and oxygen atoms in total. The monoisotopic (exact) mass is 1070 g/mol. The van der Waals surface area contributed by atoms with Gasteiger partial charge in [0, 0.05) is 6.42 Å². The second-order valence-electron chi connectivity index (χ2n) is 22.4. The van der Waals surface area contributed by atoms with E-state index in [1.165, 1.54) is 186 Å². The standard InChI is InChI=1S/C66H121N2O6P/c1-6-8-10-12-14-16-18-20-22-24-26-28-29-30-31-32-33-34-35-36-37-38-39-40-42-44-46-48-50-52-54-56-58-60-66(70)67-64(63-74-75(71,72)73-62-61-68(3,4)5)65(69)59-57-55-53-51-49-47-45-43-41-27-25-23-21-19-17-15-13-11-9-7-2/h8,10,14,16,20,22,26,28,41,43,49,51,57,59,64-65,69H,6-7,9,11-13,15,17-19,21,23-25,27,29-40,42,44-48,50,52-56,58,60-63H2,1-5H3,(H-,67,70,71,72)/p+1/b10-8-,16-14-,22-20-,28-26-,43-41+,51-49+,59-57+. The van der Waals surface area contributed by atoms with E-state index in [2.05, 4.69) is 92.1 Å². The Labute approximate surface area is 465 Å². The van der Waals surface area contributed by atoms with Crippen molar-refractivity contribution < 1.29 is 32.9 Å². The van der Waals surface area contributed by atoms with E-state index < -0.39 is 20.0 Å². The maximum atomic E-state index is 13.0. The number of nitrogens with zero attached hydrogens (tertiary/aromatic N) is 1. The van der Waals surface area contributed by atoms with Crippen LogP contribution in [-0.2, 0) is 18.4 Å². The third-order valence-electron chi connectivity index (χ3n) is 13.8. The highest BCUT2D eigenvalue weighted by molar-refractivity contribution is 7.47. The average molecular weight is 1070 g/mol. The number of amides is 1. The van der Waals surface area contributed by atoms with Gasteiger partial charge in [0.05, 0.1) is 39.9 Å². The van der Waals surface area contributed by atoms with Gasteiger partial charge in [0.25, 0.3) is 0 Å². The largest absolute Gasteiger partial charge is 0.472 e. The molecule has 9 heteroatoms. The van der Waals surface area contributed by atoms with Crippen molar-refractivity contribution in [1.29, 1.82) is 0 Å². The number of hydrogen-bond acceptors (Lipinski definition) is 5. The molecule has 0 heterocycles. The van der Waals surface area contributed by atoms with Gasteiger partial charge in [0.2, 0.25) is 5.91 Å². The van der Waals surface area contributed by atoms with Crippen molar-refractivity contribution in [2.75, 3.05) is 40.9 Å². The highest BCUT2D eigenvalue weighted by atomic mass is 31.2. The van der Waals surface area contributed by atoms with E-state index in [0.717, 1.165) is 70.6 Å². The van der Waals surface area contributed by atoms with E-state index >= 15 is 0 Å². The molecule has 75 heavy (non-hydrogen) atoms. The fourth-order valence-electron chi connectivity index (χ4n) is 8.95. The second-order valence-corrected chi connectivity index (χ2v) is 23.8. The molecule has 0 fully saturated rings. The van der Waals surface area contributed by atoms with E-state index in [0.29, 0.717) is 17.4 Å². The normalized spacial score (nSPS) is 14.4. The fourth-order valence-corrected chi connectivity index (χ4v) is 9.69. The first kappa shape index (κ1) is 72.7. The molecule has 0 radical (unpaired) electrons. The van der Waals surface area contributed by atoms with E-state index in [-0.39, 0.29) is 19.1 Å². The number of allylic oxidation sites excluding steroid dienone is 13. The van der Waals surface area contributed by atoms with Gasteiger partial charge in [-0.1, -0.05) is 272 Å². The van der Waals surface area contributed by atoms with Crippen LogP contribution < -0.4 is 5.32 Å². The Balaban J connectivity index is 4.12. The van der Waals surface area contributed by atoms with E-state index in [4.69, 9.17) is 9.05 Å². The first-order valence-corrected chi connectivity index (χ1v) is 33.0. The van der Waals surface area contributed by atoms with E-state index in [9.17, 15) is 19.4 Å². The van der Waals surface area contributed by atoms with Crippen LogP contribution in [0.25, 0.3) is 0 Å². The first-order chi connectivity index (χ1) is 36.5. The van der Waals surface area contributed by atoms with Crippen LogP contribution in [0, 0.1) is 0 Å². The van der Waals surface area contributed by atoms with Crippen molar-refractivity contribution in [2.24, 2.45) is 0 Å². The molecule has 0 aliphatic rings. The predicted molar refractivity (Wildman–Crippen MR) is 327 cm³/mol. The van der Waals surface area contributed by atoms with Crippen LogP contribution in [0.5, 0.6) is 0 Å². The van der Waals surface area contributed by atoms with Crippen molar-refractivity contribution >= 4 is 13.7 Å². The quantitative estimate of drug-likeness (QED) is 0.0243. The first-order valence-electron chi connectivity index (χ1n) is 31.5. The van der Waals surface area contributed by atoms with Crippen molar-refractivity contribution in [1.82, 2.24) is 5.32 Å². The van der Waals surface area contributed by atoms with Crippen LogP contribution in [0.2, 0.25) is 0 Å². The zero-order valence-corrected chi connectivity index (χ0v) is 50.7. The number of aliphatic hydroxyl groups excluding tert-OH is 1. The number of phosphoric ester groups is 1. The summed E-state index contributed by atoms with van der Waals surface area (Å²) < 4.78 is 23.7. The summed E-state index contributed by atoms with van der Waals surface area (Å²) in [5.41, 5.74) is 0. The Morgan fingerprint density at radius 3 is 1.23 bits per heavy atom. The molecular weight excluding hydrogens is 948 g/mol. The number of nitrogens with one attached hydrogen (secondary N) is 1. The molecular formula is C66H122N2O6P+.